The Morgan fingerprint density at radius 1 is 1.15 bits per heavy atom. The maximum absolute atomic E-state index is 12.4. The molecule has 6 nitrogen and oxygen atoms in total. The van der Waals surface area contributed by atoms with Crippen LogP contribution in [-0.4, -0.2) is 24.1 Å². The van der Waals surface area contributed by atoms with Gasteiger partial charge in [0.1, 0.15) is 5.75 Å². The Kier molecular flexibility index (Phi) is 5.34. The number of methoxy groups -OCH3 is 1. The third-order valence-corrected chi connectivity index (χ3v) is 3.92. The first kappa shape index (κ1) is 17.7. The summed E-state index contributed by atoms with van der Waals surface area (Å²) in [5, 5.41) is 3.68. The molecule has 2 aromatic carbocycles. The van der Waals surface area contributed by atoms with Gasteiger partial charge in [-0.05, 0) is 36.8 Å². The van der Waals surface area contributed by atoms with Crippen molar-refractivity contribution in [2.24, 2.45) is 0 Å². The molecule has 0 saturated carbocycles. The Labute approximate surface area is 150 Å². The standard InChI is InChI=1S/C20H20N2O4/c1-13(26-16-6-4-3-5-7-16)20(24)21-15-8-9-17-14(12-25-2)10-19(23)22-18(17)11-15/h3-11,13H,12H2,1-2H3,(H,21,24)(H,22,23). The first-order valence-electron chi connectivity index (χ1n) is 8.24. The summed E-state index contributed by atoms with van der Waals surface area (Å²) in [6.45, 7) is 2.02. The molecule has 0 aliphatic rings. The van der Waals surface area contributed by atoms with E-state index in [2.05, 4.69) is 10.3 Å². The predicted molar refractivity (Wildman–Crippen MR) is 100 cm³/mol. The smallest absolute Gasteiger partial charge is 0.265 e. The normalized spacial score (nSPS) is 11.9. The van der Waals surface area contributed by atoms with E-state index in [0.717, 1.165) is 10.9 Å². The number of anilines is 1. The summed E-state index contributed by atoms with van der Waals surface area (Å²) in [6.07, 6.45) is -0.660. The van der Waals surface area contributed by atoms with Crippen LogP contribution in [0, 0.1) is 0 Å². The Bertz CT molecular complexity index is 966. The second-order valence-corrected chi connectivity index (χ2v) is 5.91. The summed E-state index contributed by atoms with van der Waals surface area (Å²) in [6, 6.07) is 16.0. The quantitative estimate of drug-likeness (QED) is 0.714. The molecule has 3 aromatic rings. The fourth-order valence-electron chi connectivity index (χ4n) is 2.69. The molecule has 1 aromatic heterocycles. The van der Waals surface area contributed by atoms with Gasteiger partial charge in [-0.15, -0.1) is 0 Å². The predicted octanol–water partition coefficient (Wildman–Crippen LogP) is 3.08. The topological polar surface area (TPSA) is 80.4 Å². The molecule has 1 amide bonds. The zero-order valence-corrected chi connectivity index (χ0v) is 14.6. The highest BCUT2D eigenvalue weighted by Crippen LogP contribution is 2.21. The molecule has 0 spiro atoms. The SMILES string of the molecule is COCc1cc(=O)[nH]c2cc(NC(=O)C(C)Oc3ccccc3)ccc12. The number of nitrogens with one attached hydrogen (secondary N) is 2. The maximum atomic E-state index is 12.4. The molecule has 0 aliphatic heterocycles. The van der Waals surface area contributed by atoms with E-state index in [1.54, 1.807) is 38.3 Å². The van der Waals surface area contributed by atoms with E-state index in [1.165, 1.54) is 6.07 Å². The molecule has 0 aliphatic carbocycles. The fraction of sp³-hybridized carbons (Fsp3) is 0.200. The number of rotatable bonds is 6. The maximum Gasteiger partial charge on any atom is 0.265 e. The minimum Gasteiger partial charge on any atom is -0.481 e. The Morgan fingerprint density at radius 3 is 2.65 bits per heavy atom. The lowest BCUT2D eigenvalue weighted by Gasteiger charge is -2.15. The van der Waals surface area contributed by atoms with Gasteiger partial charge in [0, 0.05) is 24.2 Å². The zero-order valence-electron chi connectivity index (χ0n) is 14.6. The molecule has 26 heavy (non-hydrogen) atoms. The second kappa shape index (κ2) is 7.84. The van der Waals surface area contributed by atoms with Crippen LogP contribution in [0.4, 0.5) is 5.69 Å². The molecule has 1 heterocycles. The van der Waals surface area contributed by atoms with Crippen LogP contribution < -0.4 is 15.6 Å². The number of H-pyrrole nitrogens is 1. The molecule has 0 saturated heterocycles. The third-order valence-electron chi connectivity index (χ3n) is 3.92. The molecular formula is C20H20N2O4. The summed E-state index contributed by atoms with van der Waals surface area (Å²) < 4.78 is 10.8. The van der Waals surface area contributed by atoms with Gasteiger partial charge in [0.2, 0.25) is 5.56 Å². The molecule has 0 fully saturated rings. The van der Waals surface area contributed by atoms with Crippen molar-refractivity contribution in [2.75, 3.05) is 12.4 Å². The number of hydrogen-bond donors (Lipinski definition) is 2. The summed E-state index contributed by atoms with van der Waals surface area (Å²) in [4.78, 5) is 26.9. The number of para-hydroxylation sites is 1. The van der Waals surface area contributed by atoms with Crippen molar-refractivity contribution >= 4 is 22.5 Å². The summed E-state index contributed by atoms with van der Waals surface area (Å²) in [5.74, 6) is 0.353. The van der Waals surface area contributed by atoms with Gasteiger partial charge in [0.15, 0.2) is 6.10 Å². The molecular weight excluding hydrogens is 332 g/mol. The number of pyridine rings is 1. The molecule has 0 bridgehead atoms. The second-order valence-electron chi connectivity index (χ2n) is 5.91. The molecule has 1 atom stereocenters. The largest absolute Gasteiger partial charge is 0.481 e. The van der Waals surface area contributed by atoms with Crippen LogP contribution >= 0.6 is 0 Å². The van der Waals surface area contributed by atoms with E-state index in [9.17, 15) is 9.59 Å². The van der Waals surface area contributed by atoms with Crippen molar-refractivity contribution in [3.05, 3.63) is 70.5 Å². The van der Waals surface area contributed by atoms with Crippen molar-refractivity contribution in [1.82, 2.24) is 4.98 Å². The zero-order chi connectivity index (χ0) is 18.5. The highest BCUT2D eigenvalue weighted by atomic mass is 16.5. The molecule has 1 unspecified atom stereocenters. The van der Waals surface area contributed by atoms with Crippen molar-refractivity contribution < 1.29 is 14.3 Å². The number of amides is 1. The number of ether oxygens (including phenoxy) is 2. The summed E-state index contributed by atoms with van der Waals surface area (Å²) >= 11 is 0. The van der Waals surface area contributed by atoms with Gasteiger partial charge in [0.25, 0.3) is 5.91 Å². The number of aromatic nitrogens is 1. The fourth-order valence-corrected chi connectivity index (χ4v) is 2.69. The highest BCUT2D eigenvalue weighted by Gasteiger charge is 2.15. The van der Waals surface area contributed by atoms with E-state index >= 15 is 0 Å². The van der Waals surface area contributed by atoms with Gasteiger partial charge in [-0.3, -0.25) is 9.59 Å². The molecule has 3 rings (SSSR count). The van der Waals surface area contributed by atoms with Crippen LogP contribution in [0.5, 0.6) is 5.75 Å². The Balaban J connectivity index is 1.78. The lowest BCUT2D eigenvalue weighted by Crippen LogP contribution is -2.30. The van der Waals surface area contributed by atoms with Crippen LogP contribution in [0.25, 0.3) is 10.9 Å². The summed E-state index contributed by atoms with van der Waals surface area (Å²) in [5.41, 5.74) is 1.80. The van der Waals surface area contributed by atoms with Crippen molar-refractivity contribution in [1.29, 1.82) is 0 Å². The average molecular weight is 352 g/mol. The summed E-state index contributed by atoms with van der Waals surface area (Å²) in [7, 11) is 1.58. The van der Waals surface area contributed by atoms with Gasteiger partial charge in [-0.25, -0.2) is 0 Å². The van der Waals surface area contributed by atoms with E-state index < -0.39 is 6.10 Å². The van der Waals surface area contributed by atoms with E-state index in [0.29, 0.717) is 23.6 Å². The van der Waals surface area contributed by atoms with Crippen LogP contribution in [0.3, 0.4) is 0 Å². The number of fused-ring (bicyclic) bond motifs is 1. The van der Waals surface area contributed by atoms with Crippen LogP contribution in [0.1, 0.15) is 12.5 Å². The van der Waals surface area contributed by atoms with Crippen molar-refractivity contribution in [2.45, 2.75) is 19.6 Å². The highest BCUT2D eigenvalue weighted by molar-refractivity contribution is 5.96. The van der Waals surface area contributed by atoms with E-state index in [1.807, 2.05) is 24.3 Å². The number of benzene rings is 2. The molecule has 6 heteroatoms. The minimum atomic E-state index is -0.660. The van der Waals surface area contributed by atoms with Gasteiger partial charge in [0.05, 0.1) is 12.1 Å². The lowest BCUT2D eigenvalue weighted by molar-refractivity contribution is -0.122. The van der Waals surface area contributed by atoms with Gasteiger partial charge in [-0.1, -0.05) is 24.3 Å². The minimum absolute atomic E-state index is 0.214. The number of carbonyl (C=O) groups is 1. The monoisotopic (exact) mass is 352 g/mol. The molecule has 2 N–H and O–H groups in total. The Hall–Kier alpha value is -3.12. The van der Waals surface area contributed by atoms with Crippen LogP contribution in [0.15, 0.2) is 59.4 Å². The first-order valence-corrected chi connectivity index (χ1v) is 8.24. The van der Waals surface area contributed by atoms with Crippen molar-refractivity contribution in [3.8, 4) is 5.75 Å². The molecule has 134 valence electrons. The lowest BCUT2D eigenvalue weighted by atomic mass is 10.1. The van der Waals surface area contributed by atoms with E-state index in [4.69, 9.17) is 9.47 Å². The first-order chi connectivity index (χ1) is 12.6. The number of carbonyl (C=O) groups excluding carboxylic acids is 1. The van der Waals surface area contributed by atoms with Crippen molar-refractivity contribution in [3.63, 3.8) is 0 Å². The number of hydrogen-bond acceptors (Lipinski definition) is 4. The van der Waals surface area contributed by atoms with Gasteiger partial charge >= 0.3 is 0 Å². The average Bonchev–Trinajstić information content (AvgIpc) is 2.62. The third kappa shape index (κ3) is 4.10. The van der Waals surface area contributed by atoms with Crippen LogP contribution in [-0.2, 0) is 16.1 Å². The van der Waals surface area contributed by atoms with Gasteiger partial charge in [-0.2, -0.15) is 0 Å². The molecule has 0 radical (unpaired) electrons. The van der Waals surface area contributed by atoms with Gasteiger partial charge < -0.3 is 19.8 Å². The number of aromatic amines is 1. The van der Waals surface area contributed by atoms with E-state index in [-0.39, 0.29) is 11.5 Å². The Morgan fingerprint density at radius 2 is 1.92 bits per heavy atom. The van der Waals surface area contributed by atoms with Crippen LogP contribution in [0.2, 0.25) is 0 Å².